The van der Waals surface area contributed by atoms with Gasteiger partial charge in [0, 0.05) is 46.1 Å². The van der Waals surface area contributed by atoms with Crippen molar-refractivity contribution in [3.8, 4) is 22.5 Å². The molecule has 0 spiro atoms. The molecule has 0 fully saturated rings. The van der Waals surface area contributed by atoms with Gasteiger partial charge in [-0.2, -0.15) is 0 Å². The molecule has 3 aromatic carbocycles. The number of benzene rings is 3. The third-order valence-corrected chi connectivity index (χ3v) is 6.24. The van der Waals surface area contributed by atoms with Gasteiger partial charge in [0.25, 0.3) is 0 Å². The first kappa shape index (κ1) is 15.5. The number of thiazole rings is 1. The first-order chi connectivity index (χ1) is 21.7. The Kier molecular flexibility index (Phi) is 4.50. The molecule has 183 valence electrons. The number of aryl methyl sites for hydroxylation is 2. The number of furan rings is 1. The number of rotatable bonds is 2. The van der Waals surface area contributed by atoms with E-state index in [0.717, 1.165) is 28.0 Å². The zero-order valence-corrected chi connectivity index (χ0v) is 22.1. The van der Waals surface area contributed by atoms with Crippen molar-refractivity contribution >= 4 is 43.5 Å². The van der Waals surface area contributed by atoms with E-state index < -0.39 is 32.0 Å². The minimum atomic E-state index is -2.32. The summed E-state index contributed by atoms with van der Waals surface area (Å²) in [6.45, 7) is -4.41. The molecular formula is C31H21IrN3OS-2. The Morgan fingerprint density at radius 3 is 2.65 bits per heavy atom. The standard InChI is InChI=1S/C19H11N2OS.C12H10N.Ir/c1-11-21-17-16(23-11)9-8-13-12-5-4-6-14(18(12)22-19(13)17)15-7-2-3-10-20-15;1-10-7-8-12(13-9-10)11-5-3-2-4-6-11;/h2-5,7-10H,1H3;2-5,7-9H,1H3;/q2*-1;/i1D3,2D,3D,7D,10D;1D3;. The van der Waals surface area contributed by atoms with E-state index in [4.69, 9.17) is 18.1 Å². The normalized spacial score (nSPS) is 15.4. The molecule has 4 nitrogen and oxygen atoms in total. The number of hydrogen-bond acceptors (Lipinski definition) is 5. The molecule has 0 aliphatic heterocycles. The van der Waals surface area contributed by atoms with Gasteiger partial charge in [-0.05, 0) is 42.8 Å². The van der Waals surface area contributed by atoms with Gasteiger partial charge in [0.1, 0.15) is 11.1 Å². The molecule has 37 heavy (non-hydrogen) atoms. The number of nitrogens with zero attached hydrogens (tertiary/aromatic N) is 3. The Hall–Kier alpha value is -3.70. The predicted molar refractivity (Wildman–Crippen MR) is 147 cm³/mol. The molecule has 7 aromatic rings. The maximum Gasteiger partial charge on any atom is 0.148 e. The fourth-order valence-corrected chi connectivity index (χ4v) is 4.54. The number of pyridine rings is 2. The van der Waals surface area contributed by atoms with Gasteiger partial charge in [-0.1, -0.05) is 41.2 Å². The summed E-state index contributed by atoms with van der Waals surface area (Å²) < 4.78 is 82.9. The van der Waals surface area contributed by atoms with Crippen LogP contribution >= 0.6 is 11.3 Å². The van der Waals surface area contributed by atoms with Gasteiger partial charge >= 0.3 is 0 Å². The Morgan fingerprint density at radius 2 is 1.84 bits per heavy atom. The predicted octanol–water partition coefficient (Wildman–Crippen LogP) is 8.22. The third kappa shape index (κ3) is 4.96. The average Bonchev–Trinajstić information content (AvgIpc) is 3.65. The van der Waals surface area contributed by atoms with Crippen molar-refractivity contribution in [2.45, 2.75) is 13.7 Å². The first-order valence-electron chi connectivity index (χ1n) is 15.8. The van der Waals surface area contributed by atoms with E-state index in [1.54, 1.807) is 36.4 Å². The molecule has 0 aliphatic rings. The second-order valence-corrected chi connectivity index (χ2v) is 8.69. The van der Waals surface area contributed by atoms with Crippen LogP contribution in [0.4, 0.5) is 0 Å². The Bertz CT molecular complexity index is 2230. The van der Waals surface area contributed by atoms with Crippen LogP contribution in [0.25, 0.3) is 54.7 Å². The topological polar surface area (TPSA) is 51.8 Å². The van der Waals surface area contributed by atoms with Crippen molar-refractivity contribution in [3.63, 3.8) is 0 Å². The van der Waals surface area contributed by atoms with E-state index in [9.17, 15) is 0 Å². The van der Waals surface area contributed by atoms with Crippen LogP contribution in [-0.4, -0.2) is 15.0 Å². The third-order valence-electron chi connectivity index (χ3n) is 5.41. The second-order valence-electron chi connectivity index (χ2n) is 7.66. The van der Waals surface area contributed by atoms with E-state index in [2.05, 4.69) is 27.1 Å². The molecule has 0 amide bonds. The molecule has 6 heteroatoms. The zero-order valence-electron chi connectivity index (χ0n) is 28.8. The van der Waals surface area contributed by atoms with E-state index in [-0.39, 0.29) is 42.4 Å². The van der Waals surface area contributed by atoms with Crippen molar-refractivity contribution in [1.29, 1.82) is 0 Å². The van der Waals surface area contributed by atoms with Crippen LogP contribution in [-0.2, 0) is 20.1 Å². The fourth-order valence-electron chi connectivity index (χ4n) is 3.82. The smallest absolute Gasteiger partial charge is 0.148 e. The van der Waals surface area contributed by atoms with Gasteiger partial charge in [0.15, 0.2) is 0 Å². The van der Waals surface area contributed by atoms with Crippen LogP contribution in [0.15, 0.2) is 95.6 Å². The Morgan fingerprint density at radius 1 is 0.892 bits per heavy atom. The quantitative estimate of drug-likeness (QED) is 0.172. The molecule has 0 bridgehead atoms. The number of aromatic nitrogens is 3. The molecule has 0 N–H and O–H groups in total. The van der Waals surface area contributed by atoms with Crippen LogP contribution in [0.1, 0.15) is 24.3 Å². The van der Waals surface area contributed by atoms with Crippen molar-refractivity contribution in [3.05, 3.63) is 114 Å². The van der Waals surface area contributed by atoms with Crippen LogP contribution in [0.2, 0.25) is 0 Å². The summed E-state index contributed by atoms with van der Waals surface area (Å²) in [5.74, 6) is 0. The van der Waals surface area contributed by atoms with Crippen molar-refractivity contribution in [1.82, 2.24) is 15.0 Å². The SMILES string of the molecule is [2H]C([2H])([2H])c1ccc(-c2[c-]cccc2)nc1.[2H]c1nc(-c2[c-]ccc3c2oc2c3ccc3sc(C([2H])([2H])[2H])nc32)c([2H])c([2H])c1[2H].[Ir]. The molecule has 0 atom stereocenters. The van der Waals surface area contributed by atoms with Crippen molar-refractivity contribution in [2.75, 3.05) is 0 Å². The monoisotopic (exact) mass is 686 g/mol. The minimum Gasteiger partial charge on any atom is -0.498 e. The van der Waals surface area contributed by atoms with Crippen molar-refractivity contribution < 1.29 is 38.2 Å². The maximum absolute atomic E-state index is 8.20. The largest absolute Gasteiger partial charge is 0.498 e. The molecule has 1 radical (unpaired) electrons. The molecule has 7 rings (SSSR count). The van der Waals surface area contributed by atoms with Gasteiger partial charge in [-0.25, -0.2) is 4.98 Å². The Balaban J connectivity index is 0.000000217. The first-order valence-corrected chi connectivity index (χ1v) is 11.6. The van der Waals surface area contributed by atoms with Crippen LogP contribution in [0.5, 0.6) is 0 Å². The number of fused-ring (bicyclic) bond motifs is 5. The summed E-state index contributed by atoms with van der Waals surface area (Å²) in [5, 5.41) is 1.44. The Labute approximate surface area is 246 Å². The van der Waals surface area contributed by atoms with Gasteiger partial charge in [0.2, 0.25) is 0 Å². The van der Waals surface area contributed by atoms with Crippen LogP contribution in [0, 0.1) is 25.8 Å². The molecule has 0 aliphatic carbocycles. The summed E-state index contributed by atoms with van der Waals surface area (Å²) >= 11 is 1.08. The van der Waals surface area contributed by atoms with Crippen LogP contribution < -0.4 is 0 Å². The molecule has 0 unspecified atom stereocenters. The molecule has 0 saturated heterocycles. The van der Waals surface area contributed by atoms with E-state index in [0.29, 0.717) is 32.3 Å². The summed E-state index contributed by atoms with van der Waals surface area (Å²) in [6, 6.07) is 22.7. The average molecular weight is 686 g/mol. The van der Waals surface area contributed by atoms with E-state index in [1.807, 2.05) is 24.3 Å². The van der Waals surface area contributed by atoms with Gasteiger partial charge in [-0.3, -0.25) is 0 Å². The second kappa shape index (κ2) is 10.7. The maximum atomic E-state index is 8.20. The van der Waals surface area contributed by atoms with E-state index in [1.165, 1.54) is 6.20 Å². The molecule has 4 heterocycles. The minimum absolute atomic E-state index is 0. The van der Waals surface area contributed by atoms with Gasteiger partial charge < -0.3 is 14.4 Å². The van der Waals surface area contributed by atoms with Crippen molar-refractivity contribution in [2.24, 2.45) is 0 Å². The van der Waals surface area contributed by atoms with E-state index >= 15 is 0 Å². The fraction of sp³-hybridized carbons (Fsp3) is 0.0645. The molecular weight excluding hydrogens is 655 g/mol. The summed E-state index contributed by atoms with van der Waals surface area (Å²) in [5.41, 5.74) is 3.38. The summed E-state index contributed by atoms with van der Waals surface area (Å²) in [4.78, 5) is 12.4. The summed E-state index contributed by atoms with van der Waals surface area (Å²) in [6.07, 6.45) is 0.986. The van der Waals surface area contributed by atoms with Gasteiger partial charge in [-0.15, -0.1) is 65.4 Å². The molecule has 4 aromatic heterocycles. The molecule has 0 saturated carbocycles. The number of hydrogen-bond donors (Lipinski definition) is 0. The summed E-state index contributed by atoms with van der Waals surface area (Å²) in [7, 11) is 0. The van der Waals surface area contributed by atoms with Gasteiger partial charge in [0.05, 0.1) is 20.8 Å². The van der Waals surface area contributed by atoms with Crippen LogP contribution in [0.3, 0.4) is 0 Å². The zero-order chi connectivity index (χ0) is 33.0.